The standard InChI is InChI=1S/C24H26N4O3S/c1-15-12-18(16(2)27(15)10-11-29-3)23-22(19-6-4-5-9-25-19)26-24(32)28(23)17-7-8-20-21(13-17)31-14-30-20/h4-9,12-13,22-23H,10-11,14H2,1-3H3,(H,26,32)/t22-,23+/m1/s1. The van der Waals surface area contributed by atoms with Crippen LogP contribution in [-0.2, 0) is 11.3 Å². The van der Waals surface area contributed by atoms with Crippen LogP contribution in [0.2, 0.25) is 0 Å². The smallest absolute Gasteiger partial charge is 0.231 e. The van der Waals surface area contributed by atoms with E-state index >= 15 is 0 Å². The van der Waals surface area contributed by atoms with Gasteiger partial charge in [0, 0.05) is 43.0 Å². The van der Waals surface area contributed by atoms with Crippen LogP contribution in [0.3, 0.4) is 0 Å². The Morgan fingerprint density at radius 2 is 2.00 bits per heavy atom. The molecule has 2 atom stereocenters. The predicted molar refractivity (Wildman–Crippen MR) is 126 cm³/mol. The first-order valence-electron chi connectivity index (χ1n) is 10.6. The zero-order chi connectivity index (χ0) is 22.2. The molecule has 0 unspecified atom stereocenters. The van der Waals surface area contributed by atoms with Gasteiger partial charge in [0.05, 0.1) is 24.4 Å². The van der Waals surface area contributed by atoms with Crippen molar-refractivity contribution in [3.63, 3.8) is 0 Å². The number of anilines is 1. The van der Waals surface area contributed by atoms with Gasteiger partial charge < -0.3 is 29.0 Å². The number of nitrogens with one attached hydrogen (secondary N) is 1. The number of methoxy groups -OCH3 is 1. The van der Waals surface area contributed by atoms with Crippen molar-refractivity contribution in [3.05, 3.63) is 71.3 Å². The van der Waals surface area contributed by atoms with Gasteiger partial charge in [-0.25, -0.2) is 0 Å². The highest BCUT2D eigenvalue weighted by molar-refractivity contribution is 7.80. The summed E-state index contributed by atoms with van der Waals surface area (Å²) >= 11 is 5.85. The average molecular weight is 451 g/mol. The Morgan fingerprint density at radius 3 is 2.78 bits per heavy atom. The number of hydrogen-bond acceptors (Lipinski definition) is 5. The van der Waals surface area contributed by atoms with Crippen LogP contribution in [0.1, 0.15) is 34.7 Å². The molecule has 2 aromatic heterocycles. The number of pyridine rings is 1. The summed E-state index contributed by atoms with van der Waals surface area (Å²) < 4.78 is 18.8. The quantitative estimate of drug-likeness (QED) is 0.569. The lowest BCUT2D eigenvalue weighted by molar-refractivity contribution is 0.174. The molecule has 3 aromatic rings. The Bertz CT molecular complexity index is 1150. The van der Waals surface area contributed by atoms with Crippen molar-refractivity contribution in [1.29, 1.82) is 0 Å². The highest BCUT2D eigenvalue weighted by Crippen LogP contribution is 2.45. The van der Waals surface area contributed by atoms with E-state index in [1.165, 1.54) is 17.0 Å². The zero-order valence-corrected chi connectivity index (χ0v) is 19.2. The minimum Gasteiger partial charge on any atom is -0.454 e. The Labute approximate surface area is 192 Å². The largest absolute Gasteiger partial charge is 0.454 e. The second-order valence-electron chi connectivity index (χ2n) is 8.01. The van der Waals surface area contributed by atoms with Gasteiger partial charge in [-0.3, -0.25) is 4.98 Å². The van der Waals surface area contributed by atoms with Crippen LogP contribution in [-0.4, -0.2) is 35.2 Å². The Morgan fingerprint density at radius 1 is 1.16 bits per heavy atom. The lowest BCUT2D eigenvalue weighted by atomic mass is 9.96. The van der Waals surface area contributed by atoms with Crippen LogP contribution in [0, 0.1) is 13.8 Å². The molecule has 1 saturated heterocycles. The van der Waals surface area contributed by atoms with Crippen LogP contribution in [0.4, 0.5) is 5.69 Å². The Kier molecular flexibility index (Phi) is 5.48. The second-order valence-corrected chi connectivity index (χ2v) is 8.39. The molecule has 8 heteroatoms. The summed E-state index contributed by atoms with van der Waals surface area (Å²) in [7, 11) is 1.73. The number of ether oxygens (including phenoxy) is 3. The van der Waals surface area contributed by atoms with E-state index in [-0.39, 0.29) is 18.9 Å². The van der Waals surface area contributed by atoms with Gasteiger partial charge in [0.1, 0.15) is 0 Å². The third kappa shape index (κ3) is 3.49. The van der Waals surface area contributed by atoms with E-state index in [1.807, 2.05) is 42.6 Å². The molecular weight excluding hydrogens is 424 g/mol. The molecule has 0 radical (unpaired) electrons. The lowest BCUT2D eigenvalue weighted by Gasteiger charge is -2.28. The van der Waals surface area contributed by atoms with Crippen molar-refractivity contribution < 1.29 is 14.2 Å². The van der Waals surface area contributed by atoms with Crippen LogP contribution in [0.15, 0.2) is 48.7 Å². The van der Waals surface area contributed by atoms with Gasteiger partial charge in [-0.1, -0.05) is 6.07 Å². The van der Waals surface area contributed by atoms with Gasteiger partial charge in [0.25, 0.3) is 0 Å². The number of rotatable bonds is 6. The summed E-state index contributed by atoms with van der Waals surface area (Å²) in [6.07, 6.45) is 1.82. The monoisotopic (exact) mass is 450 g/mol. The maximum absolute atomic E-state index is 5.85. The number of aryl methyl sites for hydroxylation is 1. The summed E-state index contributed by atoms with van der Waals surface area (Å²) in [6, 6.07) is 14.0. The van der Waals surface area contributed by atoms with Crippen LogP contribution in [0.25, 0.3) is 0 Å². The number of nitrogens with zero attached hydrogens (tertiary/aromatic N) is 3. The molecule has 5 rings (SSSR count). The summed E-state index contributed by atoms with van der Waals surface area (Å²) in [5.41, 5.74) is 5.50. The van der Waals surface area contributed by atoms with E-state index in [0.29, 0.717) is 11.7 Å². The number of fused-ring (bicyclic) bond motifs is 1. The van der Waals surface area contributed by atoms with E-state index in [2.05, 4.69) is 39.7 Å². The third-order valence-electron chi connectivity index (χ3n) is 6.18. The summed E-state index contributed by atoms with van der Waals surface area (Å²) in [4.78, 5) is 6.81. The van der Waals surface area contributed by atoms with Gasteiger partial charge >= 0.3 is 0 Å². The average Bonchev–Trinajstić information content (AvgIpc) is 3.48. The number of aromatic nitrogens is 2. The molecule has 0 aliphatic carbocycles. The first-order chi connectivity index (χ1) is 15.6. The van der Waals surface area contributed by atoms with E-state index in [4.69, 9.17) is 26.4 Å². The summed E-state index contributed by atoms with van der Waals surface area (Å²) in [5.74, 6) is 1.48. The van der Waals surface area contributed by atoms with Crippen LogP contribution < -0.4 is 19.7 Å². The molecule has 1 aromatic carbocycles. The maximum Gasteiger partial charge on any atom is 0.231 e. The highest BCUT2D eigenvalue weighted by atomic mass is 32.1. The molecule has 7 nitrogen and oxygen atoms in total. The first kappa shape index (κ1) is 20.8. The van der Waals surface area contributed by atoms with E-state index in [0.717, 1.165) is 29.4 Å². The highest BCUT2D eigenvalue weighted by Gasteiger charge is 2.42. The topological polar surface area (TPSA) is 60.8 Å². The van der Waals surface area contributed by atoms with Crippen molar-refractivity contribution in [2.24, 2.45) is 0 Å². The fourth-order valence-electron chi connectivity index (χ4n) is 4.64. The van der Waals surface area contributed by atoms with Gasteiger partial charge in [0.15, 0.2) is 16.6 Å². The number of hydrogen-bond donors (Lipinski definition) is 1. The van der Waals surface area contributed by atoms with Crippen LogP contribution in [0.5, 0.6) is 11.5 Å². The van der Waals surface area contributed by atoms with Gasteiger partial charge in [-0.15, -0.1) is 0 Å². The minimum absolute atomic E-state index is 0.0692. The van der Waals surface area contributed by atoms with Gasteiger partial charge in [-0.05, 0) is 62.0 Å². The molecule has 0 bridgehead atoms. The Balaban J connectivity index is 1.62. The fraction of sp³-hybridized carbons (Fsp3) is 0.333. The van der Waals surface area contributed by atoms with Crippen molar-refractivity contribution in [3.8, 4) is 11.5 Å². The van der Waals surface area contributed by atoms with Crippen molar-refractivity contribution in [2.75, 3.05) is 25.4 Å². The Hall–Kier alpha value is -3.10. The molecule has 2 aliphatic heterocycles. The number of thiocarbonyl (C=S) groups is 1. The fourth-order valence-corrected chi connectivity index (χ4v) is 4.98. The van der Waals surface area contributed by atoms with Gasteiger partial charge in [0.2, 0.25) is 6.79 Å². The molecule has 1 N–H and O–H groups in total. The van der Waals surface area contributed by atoms with Crippen molar-refractivity contribution >= 4 is 23.0 Å². The second kappa shape index (κ2) is 8.44. The normalized spacial score (nSPS) is 19.5. The molecule has 32 heavy (non-hydrogen) atoms. The summed E-state index contributed by atoms with van der Waals surface area (Å²) in [6.45, 7) is 5.99. The third-order valence-corrected chi connectivity index (χ3v) is 6.50. The minimum atomic E-state index is -0.0921. The first-order valence-corrected chi connectivity index (χ1v) is 11.0. The van der Waals surface area contributed by atoms with E-state index in [1.54, 1.807) is 7.11 Å². The van der Waals surface area contributed by atoms with E-state index in [9.17, 15) is 0 Å². The van der Waals surface area contributed by atoms with Crippen molar-refractivity contribution in [1.82, 2.24) is 14.9 Å². The molecule has 1 fully saturated rings. The molecule has 2 aliphatic rings. The van der Waals surface area contributed by atoms with Gasteiger partial charge in [-0.2, -0.15) is 0 Å². The zero-order valence-electron chi connectivity index (χ0n) is 18.4. The molecule has 166 valence electrons. The maximum atomic E-state index is 5.85. The van der Waals surface area contributed by atoms with Crippen molar-refractivity contribution in [2.45, 2.75) is 32.5 Å². The molecule has 0 saturated carbocycles. The summed E-state index contributed by atoms with van der Waals surface area (Å²) in [5, 5.41) is 4.18. The van der Waals surface area contributed by atoms with E-state index < -0.39 is 0 Å². The van der Waals surface area contributed by atoms with Crippen LogP contribution >= 0.6 is 12.2 Å². The molecule has 4 heterocycles. The molecule has 0 spiro atoms. The number of benzene rings is 1. The predicted octanol–water partition coefficient (Wildman–Crippen LogP) is 4.05. The SMILES string of the molecule is COCCn1c(C)cc([C@H]2[C@@H](c3ccccn3)NC(=S)N2c2ccc3c(c2)OCO3)c1C. The molecular formula is C24H26N4O3S. The molecule has 0 amide bonds. The lowest BCUT2D eigenvalue weighted by Crippen LogP contribution is -2.29.